The van der Waals surface area contributed by atoms with Gasteiger partial charge in [0.25, 0.3) is 0 Å². The van der Waals surface area contributed by atoms with Gasteiger partial charge in [0.15, 0.2) is 11.4 Å². The van der Waals surface area contributed by atoms with E-state index >= 15 is 4.39 Å². The first-order chi connectivity index (χ1) is 29.6. The van der Waals surface area contributed by atoms with Crippen molar-refractivity contribution in [3.05, 3.63) is 48.0 Å². The SMILES string of the molecule is CSc1nc(N2CC3CCC(C2)N3C(=O)OC(C)(C)C)c2c(n1)sc1c(-c3c4cnn(C5CCCCO5)c4cc4ccc(F)c(C#C[Si](C(C)C)(C(C)C)C(C)C)c34)nccc12. The summed E-state index contributed by atoms with van der Waals surface area (Å²) in [4.78, 5) is 34.1. The van der Waals surface area contributed by atoms with E-state index in [1.54, 1.807) is 17.4 Å². The zero-order valence-corrected chi connectivity index (χ0v) is 40.3. The van der Waals surface area contributed by atoms with E-state index in [2.05, 4.69) is 70.0 Å². The molecule has 3 saturated heterocycles. The highest BCUT2D eigenvalue weighted by Crippen LogP contribution is 2.48. The van der Waals surface area contributed by atoms with Crippen LogP contribution in [0, 0.1) is 17.3 Å². The molecule has 2 aromatic carbocycles. The van der Waals surface area contributed by atoms with Crippen molar-refractivity contribution in [3.8, 4) is 22.7 Å². The molecule has 4 aromatic heterocycles. The lowest BCUT2D eigenvalue weighted by molar-refractivity contribution is -0.0366. The van der Waals surface area contributed by atoms with E-state index in [9.17, 15) is 4.79 Å². The van der Waals surface area contributed by atoms with Crippen LogP contribution in [0.2, 0.25) is 16.6 Å². The molecule has 14 heteroatoms. The Bertz CT molecular complexity index is 2740. The smallest absolute Gasteiger partial charge is 0.410 e. The summed E-state index contributed by atoms with van der Waals surface area (Å²) in [6, 6.07) is 7.66. The van der Waals surface area contributed by atoms with Crippen molar-refractivity contribution in [1.29, 1.82) is 0 Å². The zero-order valence-electron chi connectivity index (χ0n) is 37.6. The number of benzene rings is 2. The van der Waals surface area contributed by atoms with E-state index in [4.69, 9.17) is 29.5 Å². The zero-order chi connectivity index (χ0) is 43.8. The molecule has 3 fully saturated rings. The van der Waals surface area contributed by atoms with Crippen LogP contribution in [0.25, 0.3) is 53.2 Å². The van der Waals surface area contributed by atoms with Crippen molar-refractivity contribution >= 4 is 85.1 Å². The number of thioether (sulfide) groups is 1. The minimum absolute atomic E-state index is 0.0143. The molecule has 0 radical (unpaired) electrons. The van der Waals surface area contributed by atoms with Crippen LogP contribution in [0.3, 0.4) is 0 Å². The molecule has 2 bridgehead atoms. The summed E-state index contributed by atoms with van der Waals surface area (Å²) in [5.74, 6) is 4.08. The number of anilines is 1. The van der Waals surface area contributed by atoms with Gasteiger partial charge in [-0.25, -0.2) is 23.8 Å². The summed E-state index contributed by atoms with van der Waals surface area (Å²) in [7, 11) is -2.24. The van der Waals surface area contributed by atoms with Gasteiger partial charge in [0.05, 0.1) is 45.1 Å². The lowest BCUT2D eigenvalue weighted by atomic mass is 9.93. The van der Waals surface area contributed by atoms with Crippen LogP contribution in [-0.2, 0) is 9.47 Å². The number of nitrogens with zero attached hydrogens (tertiary/aromatic N) is 7. The fourth-order valence-electron chi connectivity index (χ4n) is 10.8. The summed E-state index contributed by atoms with van der Waals surface area (Å²) in [5, 5.41) is 10.1. The number of halogens is 1. The first kappa shape index (κ1) is 43.0. The van der Waals surface area contributed by atoms with Crippen LogP contribution in [0.1, 0.15) is 106 Å². The van der Waals surface area contributed by atoms with E-state index in [0.717, 1.165) is 91.2 Å². The Hall–Kier alpha value is -4.29. The Labute approximate surface area is 373 Å². The Kier molecular flexibility index (Phi) is 11.3. The average molecular weight is 892 g/mol. The number of fused-ring (bicyclic) bond motifs is 7. The third kappa shape index (κ3) is 7.24. The largest absolute Gasteiger partial charge is 0.444 e. The monoisotopic (exact) mass is 891 g/mol. The van der Waals surface area contributed by atoms with E-state index in [1.165, 1.54) is 11.8 Å². The maximum absolute atomic E-state index is 16.7. The normalized spacial score (nSPS) is 19.8. The Morgan fingerprint density at radius 1 is 0.984 bits per heavy atom. The summed E-state index contributed by atoms with van der Waals surface area (Å²) in [6.07, 6.45) is 10.1. The highest BCUT2D eigenvalue weighted by Gasteiger charge is 2.45. The minimum atomic E-state index is -2.24. The molecule has 3 aliphatic heterocycles. The second-order valence-electron chi connectivity index (χ2n) is 19.3. The highest BCUT2D eigenvalue weighted by atomic mass is 32.2. The number of rotatable bonds is 7. The molecule has 0 spiro atoms. The number of hydrogen-bond donors (Lipinski definition) is 0. The first-order valence-electron chi connectivity index (χ1n) is 22.3. The van der Waals surface area contributed by atoms with Gasteiger partial charge in [-0.3, -0.25) is 9.88 Å². The summed E-state index contributed by atoms with van der Waals surface area (Å²) >= 11 is 3.12. The number of aromatic nitrogens is 5. The number of pyridine rings is 1. The fraction of sp³-hybridized carbons (Fsp3) is 0.521. The van der Waals surface area contributed by atoms with Crippen molar-refractivity contribution in [2.24, 2.45) is 0 Å². The third-order valence-electron chi connectivity index (χ3n) is 13.5. The molecule has 10 nitrogen and oxygen atoms in total. The van der Waals surface area contributed by atoms with E-state index in [-0.39, 0.29) is 30.2 Å². The van der Waals surface area contributed by atoms with Gasteiger partial charge in [-0.15, -0.1) is 16.9 Å². The molecule has 0 N–H and O–H groups in total. The third-order valence-corrected chi connectivity index (χ3v) is 21.5. The van der Waals surface area contributed by atoms with Gasteiger partial charge in [-0.2, -0.15) is 5.10 Å². The number of amides is 1. The number of thiophene rings is 1. The van der Waals surface area contributed by atoms with Gasteiger partial charge in [-0.1, -0.05) is 65.3 Å². The lowest BCUT2D eigenvalue weighted by Gasteiger charge is -2.42. The molecule has 3 atom stereocenters. The minimum Gasteiger partial charge on any atom is -0.444 e. The number of ether oxygens (including phenoxy) is 2. The van der Waals surface area contributed by atoms with Crippen molar-refractivity contribution in [1.82, 2.24) is 29.6 Å². The molecule has 1 amide bonds. The van der Waals surface area contributed by atoms with E-state index in [1.807, 2.05) is 55.1 Å². The van der Waals surface area contributed by atoms with Crippen molar-refractivity contribution in [3.63, 3.8) is 0 Å². The molecule has 62 heavy (non-hydrogen) atoms. The number of carbonyl (C=O) groups excluding carboxylic acids is 1. The van der Waals surface area contributed by atoms with Crippen LogP contribution >= 0.6 is 23.1 Å². The summed E-state index contributed by atoms with van der Waals surface area (Å²) in [5.41, 5.74) is 7.32. The Morgan fingerprint density at radius 2 is 1.71 bits per heavy atom. The molecular formula is C48H58FN7O3S2Si. The van der Waals surface area contributed by atoms with Crippen LogP contribution < -0.4 is 4.90 Å². The molecule has 3 aliphatic rings. The Morgan fingerprint density at radius 3 is 2.35 bits per heavy atom. The van der Waals surface area contributed by atoms with Crippen molar-refractivity contribution in [2.45, 2.75) is 140 Å². The maximum atomic E-state index is 16.7. The van der Waals surface area contributed by atoms with Crippen LogP contribution in [0.15, 0.2) is 41.8 Å². The molecular weight excluding hydrogens is 834 g/mol. The van der Waals surface area contributed by atoms with Crippen LogP contribution in [0.5, 0.6) is 0 Å². The van der Waals surface area contributed by atoms with E-state index < -0.39 is 13.7 Å². The molecule has 0 aliphatic carbocycles. The molecule has 3 unspecified atom stereocenters. The molecule has 326 valence electrons. The topological polar surface area (TPSA) is 98.5 Å². The average Bonchev–Trinajstić information content (AvgIpc) is 3.91. The second kappa shape index (κ2) is 16.4. The number of carbonyl (C=O) groups is 1. The first-order valence-corrected chi connectivity index (χ1v) is 26.6. The van der Waals surface area contributed by atoms with Crippen LogP contribution in [0.4, 0.5) is 15.0 Å². The van der Waals surface area contributed by atoms with Gasteiger partial charge in [0.2, 0.25) is 0 Å². The fourth-order valence-corrected chi connectivity index (χ4v) is 17.6. The maximum Gasteiger partial charge on any atom is 0.410 e. The van der Waals surface area contributed by atoms with Crippen LogP contribution in [-0.4, -0.2) is 87.4 Å². The molecule has 6 aromatic rings. The highest BCUT2D eigenvalue weighted by molar-refractivity contribution is 7.98. The molecule has 9 rings (SSSR count). The van der Waals surface area contributed by atoms with Gasteiger partial charge in [-0.05, 0) is 99.3 Å². The molecule has 7 heterocycles. The number of piperazine rings is 1. The Balaban J connectivity index is 1.28. The molecule has 0 saturated carbocycles. The van der Waals surface area contributed by atoms with Gasteiger partial charge in [0.1, 0.15) is 30.1 Å². The lowest BCUT2D eigenvalue weighted by Crippen LogP contribution is -2.57. The van der Waals surface area contributed by atoms with Gasteiger partial charge in [0, 0.05) is 47.6 Å². The van der Waals surface area contributed by atoms with Crippen molar-refractivity contribution < 1.29 is 18.7 Å². The summed E-state index contributed by atoms with van der Waals surface area (Å²) in [6.45, 7) is 21.4. The van der Waals surface area contributed by atoms with Crippen molar-refractivity contribution in [2.75, 3.05) is 30.9 Å². The summed E-state index contributed by atoms with van der Waals surface area (Å²) < 4.78 is 31.9. The number of hydrogen-bond acceptors (Lipinski definition) is 10. The standard InChI is InChI=1S/C48H58FN7O3S2Si/c1-27(2)62(28(3)4,29(5)6)22-19-33-36(49)17-14-30-23-37-35(24-51-56(37)38-13-11-12-21-58-38)40(39(30)33)42-43-34(18-20-50-42)41-44(52-46(60-10)53-45(41)61-43)54-25-31-15-16-32(26-54)55(31)47(57)59-48(7,8)9/h14,17-18,20,23-24,27-29,31-32,38H,11-13,15-16,21,25-26H2,1-10H3. The van der Waals surface area contributed by atoms with Gasteiger partial charge >= 0.3 is 6.09 Å². The van der Waals surface area contributed by atoms with E-state index in [0.29, 0.717) is 47.0 Å². The quantitative estimate of drug-likeness (QED) is 0.0671. The van der Waals surface area contributed by atoms with Gasteiger partial charge < -0.3 is 14.4 Å². The predicted molar refractivity (Wildman–Crippen MR) is 255 cm³/mol. The predicted octanol–water partition coefficient (Wildman–Crippen LogP) is 12.1. The second-order valence-corrected chi connectivity index (χ2v) is 26.6.